The Hall–Kier alpha value is -0.0800. The smallest absolute Gasteiger partial charge is 0.0892 e. The monoisotopic (exact) mass is 158 g/mol. The number of rotatable bonds is 4. The number of hydrogen-bond acceptors (Lipinski definition) is 2. The molecule has 2 unspecified atom stereocenters. The van der Waals surface area contributed by atoms with Crippen molar-refractivity contribution in [3.63, 3.8) is 0 Å². The fourth-order valence-electron chi connectivity index (χ4n) is 1.27. The summed E-state index contributed by atoms with van der Waals surface area (Å²) < 4.78 is 5.42. The van der Waals surface area contributed by atoms with Crippen molar-refractivity contribution < 1.29 is 9.84 Å². The van der Waals surface area contributed by atoms with Crippen molar-refractivity contribution in [2.75, 3.05) is 6.61 Å². The van der Waals surface area contributed by atoms with E-state index in [2.05, 4.69) is 20.8 Å². The highest BCUT2D eigenvalue weighted by Crippen LogP contribution is 2.38. The van der Waals surface area contributed by atoms with Gasteiger partial charge in [0.15, 0.2) is 0 Å². The lowest BCUT2D eigenvalue weighted by Gasteiger charge is -2.05. The maximum atomic E-state index is 8.76. The minimum atomic E-state index is 0.120. The van der Waals surface area contributed by atoms with Crippen molar-refractivity contribution in [2.45, 2.75) is 45.3 Å². The van der Waals surface area contributed by atoms with Gasteiger partial charge in [0.1, 0.15) is 0 Å². The molecule has 1 fully saturated rings. The first-order chi connectivity index (χ1) is 5.06. The summed E-state index contributed by atoms with van der Waals surface area (Å²) in [4.78, 5) is 0. The van der Waals surface area contributed by atoms with Gasteiger partial charge in [0.2, 0.25) is 0 Å². The van der Waals surface area contributed by atoms with Crippen molar-refractivity contribution in [1.82, 2.24) is 0 Å². The van der Waals surface area contributed by atoms with Crippen molar-refractivity contribution in [1.29, 1.82) is 0 Å². The van der Waals surface area contributed by atoms with Crippen LogP contribution in [0.5, 0.6) is 0 Å². The molecule has 2 nitrogen and oxygen atoms in total. The lowest BCUT2D eigenvalue weighted by Crippen LogP contribution is -2.06. The Balaban J connectivity index is 2.06. The summed E-state index contributed by atoms with van der Waals surface area (Å²) in [6.07, 6.45) is 2.61. The van der Waals surface area contributed by atoms with Crippen LogP contribution in [0.4, 0.5) is 0 Å². The summed E-state index contributed by atoms with van der Waals surface area (Å²) in [5.41, 5.74) is 0.120. The summed E-state index contributed by atoms with van der Waals surface area (Å²) in [5, 5.41) is 8.76. The summed E-state index contributed by atoms with van der Waals surface area (Å²) in [6.45, 7) is 6.59. The van der Waals surface area contributed by atoms with Gasteiger partial charge in [-0.3, -0.25) is 0 Å². The topological polar surface area (TPSA) is 32.8 Å². The number of ether oxygens (including phenoxy) is 1. The van der Waals surface area contributed by atoms with Crippen LogP contribution in [0.15, 0.2) is 0 Å². The molecule has 0 saturated carbocycles. The van der Waals surface area contributed by atoms with E-state index in [9.17, 15) is 0 Å². The van der Waals surface area contributed by atoms with Gasteiger partial charge >= 0.3 is 0 Å². The van der Waals surface area contributed by atoms with Crippen LogP contribution in [0.3, 0.4) is 0 Å². The molecule has 0 aromatic heterocycles. The van der Waals surface area contributed by atoms with Crippen molar-refractivity contribution in [3.8, 4) is 0 Å². The van der Waals surface area contributed by atoms with Crippen molar-refractivity contribution in [3.05, 3.63) is 0 Å². The SMILES string of the molecule is CC(CO)CCC1OC1(C)C. The zero-order chi connectivity index (χ0) is 8.48. The van der Waals surface area contributed by atoms with E-state index in [0.717, 1.165) is 12.8 Å². The molecule has 0 aliphatic carbocycles. The molecule has 1 heterocycles. The Morgan fingerprint density at radius 2 is 2.09 bits per heavy atom. The van der Waals surface area contributed by atoms with Crippen LogP contribution < -0.4 is 0 Å². The molecule has 1 aliphatic heterocycles. The Bertz CT molecular complexity index is 132. The number of aliphatic hydroxyl groups is 1. The Morgan fingerprint density at radius 3 is 2.45 bits per heavy atom. The van der Waals surface area contributed by atoms with E-state index in [0.29, 0.717) is 18.6 Å². The van der Waals surface area contributed by atoms with Crippen LogP contribution in [0.1, 0.15) is 33.6 Å². The molecule has 1 N–H and O–H groups in total. The van der Waals surface area contributed by atoms with E-state index in [-0.39, 0.29) is 5.60 Å². The number of hydrogen-bond donors (Lipinski definition) is 1. The summed E-state index contributed by atoms with van der Waals surface area (Å²) in [7, 11) is 0. The molecule has 0 amide bonds. The lowest BCUT2D eigenvalue weighted by molar-refractivity contribution is 0.223. The average Bonchev–Trinajstić information content (AvgIpc) is 2.54. The molecule has 2 heteroatoms. The molecule has 1 aliphatic rings. The van der Waals surface area contributed by atoms with Crippen LogP contribution in [-0.4, -0.2) is 23.4 Å². The van der Waals surface area contributed by atoms with E-state index in [4.69, 9.17) is 9.84 Å². The second-order valence-corrected chi connectivity index (χ2v) is 4.08. The summed E-state index contributed by atoms with van der Waals surface area (Å²) >= 11 is 0. The largest absolute Gasteiger partial charge is 0.396 e. The van der Waals surface area contributed by atoms with Gasteiger partial charge in [-0.15, -0.1) is 0 Å². The highest BCUT2D eigenvalue weighted by molar-refractivity contribution is 4.94. The van der Waals surface area contributed by atoms with E-state index < -0.39 is 0 Å². The van der Waals surface area contributed by atoms with Gasteiger partial charge in [-0.25, -0.2) is 0 Å². The lowest BCUT2D eigenvalue weighted by atomic mass is 10.0. The summed E-state index contributed by atoms with van der Waals surface area (Å²) in [6, 6.07) is 0. The Kier molecular flexibility index (Phi) is 2.55. The molecule has 1 rings (SSSR count). The molecule has 0 spiro atoms. The summed E-state index contributed by atoms with van der Waals surface area (Å²) in [5.74, 6) is 0.426. The second kappa shape index (κ2) is 3.11. The fourth-order valence-corrected chi connectivity index (χ4v) is 1.27. The van der Waals surface area contributed by atoms with E-state index in [1.165, 1.54) is 0 Å². The molecule has 0 aromatic carbocycles. The average molecular weight is 158 g/mol. The third-order valence-electron chi connectivity index (χ3n) is 2.40. The Morgan fingerprint density at radius 1 is 1.55 bits per heavy atom. The van der Waals surface area contributed by atoms with Crippen LogP contribution in [0.25, 0.3) is 0 Å². The van der Waals surface area contributed by atoms with Crippen LogP contribution in [-0.2, 0) is 4.74 Å². The second-order valence-electron chi connectivity index (χ2n) is 4.08. The standard InChI is InChI=1S/C9H18O2/c1-7(6-10)4-5-8-9(2,3)11-8/h7-8,10H,4-6H2,1-3H3. The van der Waals surface area contributed by atoms with Gasteiger partial charge in [-0.1, -0.05) is 6.92 Å². The predicted molar refractivity (Wildman–Crippen MR) is 44.4 cm³/mol. The molecule has 0 radical (unpaired) electrons. The van der Waals surface area contributed by atoms with Crippen molar-refractivity contribution >= 4 is 0 Å². The molecule has 0 bridgehead atoms. The normalized spacial score (nSPS) is 30.0. The first-order valence-electron chi connectivity index (χ1n) is 4.35. The molecule has 66 valence electrons. The van der Waals surface area contributed by atoms with Gasteiger partial charge < -0.3 is 9.84 Å². The molecular formula is C9H18O2. The number of epoxide rings is 1. The van der Waals surface area contributed by atoms with E-state index in [1.54, 1.807) is 0 Å². The molecule has 2 atom stereocenters. The third-order valence-corrected chi connectivity index (χ3v) is 2.40. The van der Waals surface area contributed by atoms with Gasteiger partial charge in [-0.05, 0) is 32.6 Å². The highest BCUT2D eigenvalue weighted by atomic mass is 16.6. The molecule has 0 aromatic rings. The highest BCUT2D eigenvalue weighted by Gasteiger charge is 2.46. The van der Waals surface area contributed by atoms with Crippen LogP contribution >= 0.6 is 0 Å². The predicted octanol–water partition coefficient (Wildman–Crippen LogP) is 1.57. The minimum absolute atomic E-state index is 0.120. The van der Waals surface area contributed by atoms with Crippen molar-refractivity contribution in [2.24, 2.45) is 5.92 Å². The quantitative estimate of drug-likeness (QED) is 0.630. The maximum Gasteiger partial charge on any atom is 0.0892 e. The van der Waals surface area contributed by atoms with Crippen LogP contribution in [0.2, 0.25) is 0 Å². The van der Waals surface area contributed by atoms with Gasteiger partial charge in [0.25, 0.3) is 0 Å². The van der Waals surface area contributed by atoms with Gasteiger partial charge in [0.05, 0.1) is 11.7 Å². The fraction of sp³-hybridized carbons (Fsp3) is 1.00. The number of aliphatic hydroxyl groups excluding tert-OH is 1. The van der Waals surface area contributed by atoms with Crippen LogP contribution in [0, 0.1) is 5.92 Å². The maximum absolute atomic E-state index is 8.76. The van der Waals surface area contributed by atoms with E-state index >= 15 is 0 Å². The van der Waals surface area contributed by atoms with E-state index in [1.807, 2.05) is 0 Å². The zero-order valence-corrected chi connectivity index (χ0v) is 7.63. The molecule has 11 heavy (non-hydrogen) atoms. The molecular weight excluding hydrogens is 140 g/mol. The first kappa shape index (κ1) is 9.01. The van der Waals surface area contributed by atoms with Gasteiger partial charge in [0, 0.05) is 6.61 Å². The zero-order valence-electron chi connectivity index (χ0n) is 7.63. The first-order valence-corrected chi connectivity index (χ1v) is 4.35. The minimum Gasteiger partial charge on any atom is -0.396 e. The molecule has 1 saturated heterocycles. The third kappa shape index (κ3) is 2.46. The van der Waals surface area contributed by atoms with Gasteiger partial charge in [-0.2, -0.15) is 0 Å². The Labute approximate surface area is 68.6 Å².